The van der Waals surface area contributed by atoms with Crippen molar-refractivity contribution in [2.45, 2.75) is 18.2 Å². The van der Waals surface area contributed by atoms with E-state index < -0.39 is 31.3 Å². The first-order chi connectivity index (χ1) is 10.3. The van der Waals surface area contributed by atoms with Crippen molar-refractivity contribution in [3.05, 3.63) is 34.1 Å². The number of nitro groups is 1. The molecule has 0 aromatic heterocycles. The van der Waals surface area contributed by atoms with Gasteiger partial charge in [-0.05, 0) is 36.9 Å². The molecule has 1 fully saturated rings. The van der Waals surface area contributed by atoms with E-state index >= 15 is 0 Å². The molecule has 1 aromatic carbocycles. The van der Waals surface area contributed by atoms with E-state index in [2.05, 4.69) is 0 Å². The molecule has 0 saturated carbocycles. The zero-order chi connectivity index (χ0) is 16.5. The zero-order valence-electron chi connectivity index (χ0n) is 12.1. The van der Waals surface area contributed by atoms with Gasteiger partial charge in [-0.25, -0.2) is 8.42 Å². The van der Waals surface area contributed by atoms with E-state index in [9.17, 15) is 22.9 Å². The van der Waals surface area contributed by atoms with Crippen LogP contribution < -0.4 is 5.73 Å². The largest absolute Gasteiger partial charge is 0.330 e. The second-order valence-corrected chi connectivity index (χ2v) is 7.37. The summed E-state index contributed by atoms with van der Waals surface area (Å²) in [5, 5.41) is 11.0. The molecule has 1 heterocycles. The first kappa shape index (κ1) is 16.8. The number of rotatable bonds is 4. The van der Waals surface area contributed by atoms with E-state index in [0.29, 0.717) is 13.0 Å². The molecule has 7 nitrogen and oxygen atoms in total. The van der Waals surface area contributed by atoms with Crippen molar-refractivity contribution in [1.29, 1.82) is 0 Å². The maximum atomic E-state index is 13.7. The Morgan fingerprint density at radius 2 is 2.18 bits per heavy atom. The molecule has 122 valence electrons. The highest BCUT2D eigenvalue weighted by atomic mass is 32.2. The van der Waals surface area contributed by atoms with Gasteiger partial charge in [0, 0.05) is 13.1 Å². The highest BCUT2D eigenvalue weighted by molar-refractivity contribution is 7.89. The molecule has 1 aliphatic heterocycles. The molecule has 0 aliphatic carbocycles. The molecule has 2 rings (SSSR count). The summed E-state index contributed by atoms with van der Waals surface area (Å²) in [5.74, 6) is -0.901. The maximum Gasteiger partial charge on any atom is 0.324 e. The second kappa shape index (κ2) is 6.27. The molecule has 0 amide bonds. The minimum Gasteiger partial charge on any atom is -0.330 e. The fraction of sp³-hybridized carbons (Fsp3) is 0.538. The van der Waals surface area contributed by atoms with Crippen molar-refractivity contribution in [3.8, 4) is 0 Å². The maximum absolute atomic E-state index is 13.7. The lowest BCUT2D eigenvalue weighted by Crippen LogP contribution is -2.45. The lowest BCUT2D eigenvalue weighted by atomic mass is 9.88. The van der Waals surface area contributed by atoms with Gasteiger partial charge in [-0.3, -0.25) is 10.1 Å². The lowest BCUT2D eigenvalue weighted by Gasteiger charge is -2.35. The van der Waals surface area contributed by atoms with Crippen LogP contribution in [-0.2, 0) is 10.0 Å². The highest BCUT2D eigenvalue weighted by Crippen LogP contribution is 2.32. The van der Waals surface area contributed by atoms with Gasteiger partial charge in [0.25, 0.3) is 0 Å². The molecule has 22 heavy (non-hydrogen) atoms. The summed E-state index contributed by atoms with van der Waals surface area (Å²) in [5.41, 5.74) is 4.64. The third-order valence-corrected chi connectivity index (χ3v) is 6.03. The van der Waals surface area contributed by atoms with Gasteiger partial charge in [0.1, 0.15) is 0 Å². The molecular weight excluding hydrogens is 313 g/mol. The van der Waals surface area contributed by atoms with E-state index in [1.807, 2.05) is 6.92 Å². The number of hydrogen-bond acceptors (Lipinski definition) is 5. The van der Waals surface area contributed by atoms with Crippen LogP contribution in [0.3, 0.4) is 0 Å². The van der Waals surface area contributed by atoms with E-state index in [0.717, 1.165) is 22.5 Å². The minimum absolute atomic E-state index is 0.0175. The average molecular weight is 331 g/mol. The van der Waals surface area contributed by atoms with Gasteiger partial charge in [-0.15, -0.1) is 0 Å². The van der Waals surface area contributed by atoms with E-state index in [1.165, 1.54) is 0 Å². The molecule has 1 aromatic rings. The Kier molecular flexibility index (Phi) is 4.78. The van der Waals surface area contributed by atoms with Crippen LogP contribution >= 0.6 is 0 Å². The summed E-state index contributed by atoms with van der Waals surface area (Å²) >= 11 is 0. The molecule has 0 spiro atoms. The lowest BCUT2D eigenvalue weighted by molar-refractivity contribution is -0.390. The third kappa shape index (κ3) is 2.96. The van der Waals surface area contributed by atoms with Crippen molar-refractivity contribution >= 4 is 15.7 Å². The average Bonchev–Trinajstić information content (AvgIpc) is 2.46. The van der Waals surface area contributed by atoms with Gasteiger partial charge in [0.15, 0.2) is 4.90 Å². The molecular formula is C13H18FN3O4S. The van der Waals surface area contributed by atoms with Crippen LogP contribution in [0.15, 0.2) is 23.1 Å². The monoisotopic (exact) mass is 331 g/mol. The predicted molar refractivity (Wildman–Crippen MR) is 78.1 cm³/mol. The van der Waals surface area contributed by atoms with Crippen molar-refractivity contribution in [1.82, 2.24) is 4.31 Å². The Balaban J connectivity index is 2.44. The Hall–Kier alpha value is -1.58. The van der Waals surface area contributed by atoms with Gasteiger partial charge in [0.2, 0.25) is 15.8 Å². The van der Waals surface area contributed by atoms with Crippen molar-refractivity contribution < 1.29 is 17.7 Å². The van der Waals surface area contributed by atoms with E-state index in [-0.39, 0.29) is 24.9 Å². The van der Waals surface area contributed by atoms with Gasteiger partial charge in [-0.1, -0.05) is 13.0 Å². The number of sulfonamides is 1. The molecule has 0 bridgehead atoms. The van der Waals surface area contributed by atoms with Crippen LogP contribution in [0.5, 0.6) is 0 Å². The number of piperidine rings is 1. The Labute approximate surface area is 128 Å². The fourth-order valence-electron chi connectivity index (χ4n) is 2.66. The van der Waals surface area contributed by atoms with Crippen molar-refractivity contribution in [3.63, 3.8) is 0 Å². The number of nitrogens with zero attached hydrogens (tertiary/aromatic N) is 2. The first-order valence-corrected chi connectivity index (χ1v) is 8.36. The van der Waals surface area contributed by atoms with Gasteiger partial charge in [-0.2, -0.15) is 8.70 Å². The number of nitro benzene ring substituents is 1. The molecule has 2 atom stereocenters. The molecule has 9 heteroatoms. The summed E-state index contributed by atoms with van der Waals surface area (Å²) in [4.78, 5) is 9.39. The number of nitrogens with two attached hydrogens (primary N) is 1. The topological polar surface area (TPSA) is 107 Å². The van der Waals surface area contributed by atoms with Crippen LogP contribution in [0.2, 0.25) is 0 Å². The molecule has 2 unspecified atom stereocenters. The second-order valence-electron chi connectivity index (χ2n) is 5.47. The number of hydrogen-bond donors (Lipinski definition) is 1. The van der Waals surface area contributed by atoms with Gasteiger partial charge < -0.3 is 5.73 Å². The van der Waals surface area contributed by atoms with Crippen LogP contribution in [0.1, 0.15) is 13.3 Å². The number of halogens is 1. The van der Waals surface area contributed by atoms with Crippen molar-refractivity contribution in [2.24, 2.45) is 17.6 Å². The highest BCUT2D eigenvalue weighted by Gasteiger charge is 2.37. The summed E-state index contributed by atoms with van der Waals surface area (Å²) < 4.78 is 40.1. The Morgan fingerprint density at radius 1 is 1.50 bits per heavy atom. The van der Waals surface area contributed by atoms with Gasteiger partial charge in [0.05, 0.1) is 4.92 Å². The Morgan fingerprint density at radius 3 is 2.77 bits per heavy atom. The summed E-state index contributed by atoms with van der Waals surface area (Å²) in [6.07, 6.45) is 0.615. The number of benzene rings is 1. The van der Waals surface area contributed by atoms with E-state index in [4.69, 9.17) is 5.73 Å². The summed E-state index contributed by atoms with van der Waals surface area (Å²) in [6, 6.07) is 3.09. The quantitative estimate of drug-likeness (QED) is 0.662. The summed E-state index contributed by atoms with van der Waals surface area (Å²) in [7, 11) is -4.13. The van der Waals surface area contributed by atoms with Gasteiger partial charge >= 0.3 is 5.69 Å². The van der Waals surface area contributed by atoms with Crippen LogP contribution in [0, 0.1) is 27.8 Å². The predicted octanol–water partition coefficient (Wildman–Crippen LogP) is 1.34. The smallest absolute Gasteiger partial charge is 0.324 e. The minimum atomic E-state index is -4.13. The standard InChI is InChI=1S/C13H18FN3O4S/c1-9-5-6-16(8-10(9)7-15)22(20,21)12-4-2-3-11(14)13(12)17(18)19/h2-4,9-10H,5-8,15H2,1H3. The number of para-hydroxylation sites is 1. The third-order valence-electron chi connectivity index (χ3n) is 4.13. The molecule has 2 N–H and O–H groups in total. The zero-order valence-corrected chi connectivity index (χ0v) is 12.9. The molecule has 1 aliphatic rings. The molecule has 1 saturated heterocycles. The van der Waals surface area contributed by atoms with Crippen LogP contribution in [0.4, 0.5) is 10.1 Å². The van der Waals surface area contributed by atoms with E-state index in [1.54, 1.807) is 0 Å². The van der Waals surface area contributed by atoms with Crippen molar-refractivity contribution in [2.75, 3.05) is 19.6 Å². The fourth-order valence-corrected chi connectivity index (χ4v) is 4.34. The summed E-state index contributed by atoms with van der Waals surface area (Å²) in [6.45, 7) is 2.76. The van der Waals surface area contributed by atoms with Crippen LogP contribution in [-0.4, -0.2) is 37.3 Å². The molecule has 0 radical (unpaired) electrons. The normalized spacial score (nSPS) is 23.4. The Bertz CT molecular complexity index is 680. The first-order valence-electron chi connectivity index (χ1n) is 6.92. The SMILES string of the molecule is CC1CCN(S(=O)(=O)c2cccc(F)c2[N+](=O)[O-])CC1CN. The van der Waals surface area contributed by atoms with Crippen LogP contribution in [0.25, 0.3) is 0 Å².